The van der Waals surface area contributed by atoms with Gasteiger partial charge in [-0.15, -0.1) is 0 Å². The van der Waals surface area contributed by atoms with E-state index in [1.165, 1.54) is 12.0 Å². The molecule has 32 heavy (non-hydrogen) atoms. The molecule has 0 heterocycles. The van der Waals surface area contributed by atoms with Gasteiger partial charge in [-0.1, -0.05) is 37.3 Å². The number of rotatable bonds is 10. The summed E-state index contributed by atoms with van der Waals surface area (Å²) in [5, 5.41) is 14.6. The smallest absolute Gasteiger partial charge is 0.408 e. The number of amides is 3. The SMILES string of the molecule is CCCN(C(=O)C(CO)NC(=O)OC(C)(C)C)C(C(=O)NCC(=O)OC)c1ccccc1. The van der Waals surface area contributed by atoms with Gasteiger partial charge in [0.15, 0.2) is 0 Å². The minimum Gasteiger partial charge on any atom is -0.468 e. The third-order valence-corrected chi connectivity index (χ3v) is 4.23. The van der Waals surface area contributed by atoms with Crippen LogP contribution in [-0.2, 0) is 23.9 Å². The summed E-state index contributed by atoms with van der Waals surface area (Å²) in [5.74, 6) is -1.90. The molecule has 0 aliphatic carbocycles. The summed E-state index contributed by atoms with van der Waals surface area (Å²) < 4.78 is 9.72. The first-order chi connectivity index (χ1) is 15.0. The van der Waals surface area contributed by atoms with Crippen molar-refractivity contribution in [3.8, 4) is 0 Å². The molecule has 0 bridgehead atoms. The number of methoxy groups -OCH3 is 1. The van der Waals surface area contributed by atoms with Gasteiger partial charge in [0.25, 0.3) is 0 Å². The topological polar surface area (TPSA) is 134 Å². The number of hydrogen-bond acceptors (Lipinski definition) is 7. The predicted molar refractivity (Wildman–Crippen MR) is 116 cm³/mol. The zero-order valence-corrected chi connectivity index (χ0v) is 19.2. The van der Waals surface area contributed by atoms with Crippen LogP contribution < -0.4 is 10.6 Å². The van der Waals surface area contributed by atoms with Gasteiger partial charge in [0.05, 0.1) is 13.7 Å². The molecule has 3 amide bonds. The Morgan fingerprint density at radius 1 is 1.12 bits per heavy atom. The summed E-state index contributed by atoms with van der Waals surface area (Å²) in [6, 6.07) is 6.12. The van der Waals surface area contributed by atoms with Crippen LogP contribution in [0.5, 0.6) is 0 Å². The molecule has 0 aromatic heterocycles. The number of ether oxygens (including phenoxy) is 2. The van der Waals surface area contributed by atoms with Crippen molar-refractivity contribution >= 4 is 23.9 Å². The van der Waals surface area contributed by atoms with Gasteiger partial charge in [-0.25, -0.2) is 4.79 Å². The van der Waals surface area contributed by atoms with Crippen LogP contribution in [0.3, 0.4) is 0 Å². The molecule has 0 saturated carbocycles. The lowest BCUT2D eigenvalue weighted by atomic mass is 10.0. The van der Waals surface area contributed by atoms with Gasteiger partial charge in [0, 0.05) is 6.54 Å². The number of benzene rings is 1. The quantitative estimate of drug-likeness (QED) is 0.454. The van der Waals surface area contributed by atoms with E-state index in [2.05, 4.69) is 15.4 Å². The fourth-order valence-corrected chi connectivity index (χ4v) is 2.88. The molecule has 10 nitrogen and oxygen atoms in total. The summed E-state index contributed by atoms with van der Waals surface area (Å²) in [6.07, 6.45) is -0.364. The number of aliphatic hydroxyl groups excluding tert-OH is 1. The van der Waals surface area contributed by atoms with Gasteiger partial charge in [-0.05, 0) is 32.8 Å². The van der Waals surface area contributed by atoms with Crippen molar-refractivity contribution < 1.29 is 33.8 Å². The first-order valence-electron chi connectivity index (χ1n) is 10.3. The summed E-state index contributed by atoms with van der Waals surface area (Å²) in [7, 11) is 1.20. The molecule has 0 aliphatic rings. The van der Waals surface area contributed by atoms with Crippen molar-refractivity contribution in [1.29, 1.82) is 0 Å². The average molecular weight is 452 g/mol. The minimum atomic E-state index is -1.32. The van der Waals surface area contributed by atoms with E-state index in [0.29, 0.717) is 12.0 Å². The molecular weight excluding hydrogens is 418 g/mol. The Morgan fingerprint density at radius 3 is 2.25 bits per heavy atom. The van der Waals surface area contributed by atoms with Gasteiger partial charge < -0.3 is 30.1 Å². The van der Waals surface area contributed by atoms with Gasteiger partial charge in [0.1, 0.15) is 24.2 Å². The maximum absolute atomic E-state index is 13.3. The molecule has 2 unspecified atom stereocenters. The maximum Gasteiger partial charge on any atom is 0.408 e. The Labute approximate surface area is 188 Å². The molecule has 2 atom stereocenters. The number of nitrogens with zero attached hydrogens (tertiary/aromatic N) is 1. The standard InChI is InChI=1S/C22H33N3O7/c1-6-12-25(20(29)16(14-26)24-21(30)32-22(2,3)4)18(15-10-8-7-9-11-15)19(28)23-13-17(27)31-5/h7-11,16,18,26H,6,12-14H2,1-5H3,(H,23,28)(H,24,30). The molecule has 0 fully saturated rings. The van der Waals surface area contributed by atoms with Crippen LogP contribution in [0, 0.1) is 0 Å². The third-order valence-electron chi connectivity index (χ3n) is 4.23. The minimum absolute atomic E-state index is 0.163. The second-order valence-corrected chi connectivity index (χ2v) is 8.02. The van der Waals surface area contributed by atoms with Gasteiger partial charge in [0.2, 0.25) is 11.8 Å². The van der Waals surface area contributed by atoms with E-state index in [1.54, 1.807) is 51.1 Å². The first kappa shape index (κ1) is 26.9. The van der Waals surface area contributed by atoms with Crippen molar-refractivity contribution in [3.05, 3.63) is 35.9 Å². The summed E-state index contributed by atoms with van der Waals surface area (Å²) in [4.78, 5) is 51.2. The molecule has 178 valence electrons. The molecule has 0 saturated heterocycles. The summed E-state index contributed by atoms with van der Waals surface area (Å²) >= 11 is 0. The maximum atomic E-state index is 13.3. The molecule has 1 aromatic carbocycles. The van der Waals surface area contributed by atoms with E-state index in [0.717, 1.165) is 0 Å². The molecular formula is C22H33N3O7. The molecule has 0 spiro atoms. The zero-order valence-electron chi connectivity index (χ0n) is 19.2. The molecule has 1 aromatic rings. The number of esters is 1. The second-order valence-electron chi connectivity index (χ2n) is 8.02. The number of nitrogens with one attached hydrogen (secondary N) is 2. The summed E-state index contributed by atoms with van der Waals surface area (Å²) in [6.45, 7) is 5.94. The molecule has 3 N–H and O–H groups in total. The molecule has 1 rings (SSSR count). The van der Waals surface area contributed by atoms with Crippen LogP contribution in [0.1, 0.15) is 45.7 Å². The Kier molecular flexibility index (Phi) is 10.6. The zero-order chi connectivity index (χ0) is 24.3. The van der Waals surface area contributed by atoms with Crippen LogP contribution in [0.15, 0.2) is 30.3 Å². The number of carbonyl (C=O) groups excluding carboxylic acids is 4. The number of carbonyl (C=O) groups is 4. The van der Waals surface area contributed by atoms with E-state index in [-0.39, 0.29) is 13.1 Å². The van der Waals surface area contributed by atoms with Crippen LogP contribution in [0.2, 0.25) is 0 Å². The highest BCUT2D eigenvalue weighted by atomic mass is 16.6. The molecule has 10 heteroatoms. The molecule has 0 aliphatic heterocycles. The van der Waals surface area contributed by atoms with E-state index < -0.39 is 48.2 Å². The fraction of sp³-hybridized carbons (Fsp3) is 0.545. The number of aliphatic hydroxyl groups is 1. The lowest BCUT2D eigenvalue weighted by molar-refractivity contribution is -0.145. The Bertz CT molecular complexity index is 777. The summed E-state index contributed by atoms with van der Waals surface area (Å²) in [5.41, 5.74) is -0.290. The second kappa shape index (κ2) is 12.7. The first-order valence-corrected chi connectivity index (χ1v) is 10.3. The van der Waals surface area contributed by atoms with Crippen molar-refractivity contribution in [2.75, 3.05) is 26.8 Å². The van der Waals surface area contributed by atoms with Crippen molar-refractivity contribution in [2.24, 2.45) is 0 Å². The highest BCUT2D eigenvalue weighted by Gasteiger charge is 2.35. The van der Waals surface area contributed by atoms with Crippen molar-refractivity contribution in [2.45, 2.75) is 51.8 Å². The van der Waals surface area contributed by atoms with E-state index >= 15 is 0 Å². The van der Waals surface area contributed by atoms with Crippen LogP contribution in [0.25, 0.3) is 0 Å². The van der Waals surface area contributed by atoms with Gasteiger partial charge in [-0.3, -0.25) is 14.4 Å². The Hall–Kier alpha value is -3.14. The van der Waals surface area contributed by atoms with Crippen molar-refractivity contribution in [3.63, 3.8) is 0 Å². The predicted octanol–water partition coefficient (Wildman–Crippen LogP) is 1.14. The van der Waals surface area contributed by atoms with Crippen LogP contribution >= 0.6 is 0 Å². The number of hydrogen-bond donors (Lipinski definition) is 3. The number of alkyl carbamates (subject to hydrolysis) is 1. The van der Waals surface area contributed by atoms with Crippen LogP contribution in [0.4, 0.5) is 4.79 Å². The van der Waals surface area contributed by atoms with E-state index in [4.69, 9.17) is 4.74 Å². The van der Waals surface area contributed by atoms with Gasteiger partial charge in [-0.2, -0.15) is 0 Å². The van der Waals surface area contributed by atoms with Crippen molar-refractivity contribution in [1.82, 2.24) is 15.5 Å². The van der Waals surface area contributed by atoms with Crippen LogP contribution in [-0.4, -0.2) is 72.3 Å². The van der Waals surface area contributed by atoms with E-state index in [9.17, 15) is 24.3 Å². The average Bonchev–Trinajstić information content (AvgIpc) is 2.74. The normalized spacial score (nSPS) is 12.8. The molecule has 0 radical (unpaired) electrons. The highest BCUT2D eigenvalue weighted by Crippen LogP contribution is 2.23. The Morgan fingerprint density at radius 2 is 1.75 bits per heavy atom. The highest BCUT2D eigenvalue weighted by molar-refractivity contribution is 5.93. The lowest BCUT2D eigenvalue weighted by Gasteiger charge is -2.33. The lowest BCUT2D eigenvalue weighted by Crippen LogP contribution is -2.54. The Balaban J connectivity index is 3.22. The monoisotopic (exact) mass is 451 g/mol. The third kappa shape index (κ3) is 8.54. The van der Waals surface area contributed by atoms with E-state index in [1.807, 2.05) is 6.92 Å². The fourth-order valence-electron chi connectivity index (χ4n) is 2.88. The van der Waals surface area contributed by atoms with Gasteiger partial charge >= 0.3 is 12.1 Å². The largest absolute Gasteiger partial charge is 0.468 e.